The van der Waals surface area contributed by atoms with Gasteiger partial charge in [-0.15, -0.1) is 0 Å². The van der Waals surface area contributed by atoms with Gasteiger partial charge in [0, 0.05) is 6.42 Å². The van der Waals surface area contributed by atoms with Gasteiger partial charge < -0.3 is 28.8 Å². The van der Waals surface area contributed by atoms with Crippen molar-refractivity contribution in [1.82, 2.24) is 5.32 Å². The van der Waals surface area contributed by atoms with E-state index in [-0.39, 0.29) is 12.5 Å². The molecule has 0 spiro atoms. The highest BCUT2D eigenvalue weighted by Crippen LogP contribution is 2.38. The Morgan fingerprint density at radius 1 is 0.529 bits per heavy atom. The second-order valence-electron chi connectivity index (χ2n) is 18.8. The van der Waals surface area contributed by atoms with Gasteiger partial charge in [0.05, 0.1) is 39.9 Å². The molecule has 0 bridgehead atoms. The van der Waals surface area contributed by atoms with Gasteiger partial charge in [0.15, 0.2) is 0 Å². The summed E-state index contributed by atoms with van der Waals surface area (Å²) >= 11 is 0. The number of likely N-dealkylation sites (N-methyl/N-ethyl adjacent to an activating group) is 1. The lowest BCUT2D eigenvalue weighted by Crippen LogP contribution is -2.45. The molecular formula is C59H101N2O6P. The number of aliphatic hydroxyl groups excluding tert-OH is 1. The van der Waals surface area contributed by atoms with Crippen LogP contribution in [0.1, 0.15) is 194 Å². The number of quaternary nitrogens is 1. The Labute approximate surface area is 418 Å². The first-order valence-corrected chi connectivity index (χ1v) is 28.4. The number of amides is 1. The average Bonchev–Trinajstić information content (AvgIpc) is 3.30. The molecule has 0 fully saturated rings. The molecule has 8 nitrogen and oxygen atoms in total. The fraction of sp³-hybridized carbons (Fsp3) is 0.644. The summed E-state index contributed by atoms with van der Waals surface area (Å²) in [7, 11) is 1.21. The Morgan fingerprint density at radius 3 is 1.37 bits per heavy atom. The largest absolute Gasteiger partial charge is 0.756 e. The third-order valence-corrected chi connectivity index (χ3v) is 12.1. The molecule has 388 valence electrons. The van der Waals surface area contributed by atoms with Gasteiger partial charge in [0.2, 0.25) is 5.91 Å². The van der Waals surface area contributed by atoms with Gasteiger partial charge in [0.1, 0.15) is 13.2 Å². The quantitative estimate of drug-likeness (QED) is 0.0272. The SMILES string of the molecule is CC/C=C\C/C=C\C/C=C\C/C=C\C/C=C\C/C=C\C/C=C\CCCCCCCCCCCC(=O)NC(COP(=O)([O-])OCC[N+](C)(C)C)C(O)/C=C/CC/C=C/CC/C=C/CCCCCCC. The Kier molecular flexibility index (Phi) is 46.7. The molecule has 0 radical (unpaired) electrons. The van der Waals surface area contributed by atoms with E-state index in [1.54, 1.807) is 6.08 Å². The van der Waals surface area contributed by atoms with Crippen molar-refractivity contribution in [2.75, 3.05) is 40.9 Å². The molecule has 3 unspecified atom stereocenters. The summed E-state index contributed by atoms with van der Waals surface area (Å²) in [5.41, 5.74) is 0. The first kappa shape index (κ1) is 64.9. The third kappa shape index (κ3) is 50.8. The van der Waals surface area contributed by atoms with Crippen molar-refractivity contribution >= 4 is 13.7 Å². The number of hydrogen-bond acceptors (Lipinski definition) is 6. The number of phosphoric ester groups is 1. The highest BCUT2D eigenvalue weighted by molar-refractivity contribution is 7.45. The molecule has 0 aromatic rings. The maximum atomic E-state index is 12.9. The molecule has 9 heteroatoms. The van der Waals surface area contributed by atoms with Crippen LogP contribution >= 0.6 is 7.82 Å². The Hall–Kier alpha value is -3.10. The summed E-state index contributed by atoms with van der Waals surface area (Å²) in [6.07, 6.45) is 72.6. The lowest BCUT2D eigenvalue weighted by Gasteiger charge is -2.29. The standard InChI is InChI=1S/C59H101N2O6P/c1-6-8-10-12-14-16-18-20-22-23-24-25-26-27-28-29-30-31-32-33-34-35-36-37-39-41-43-45-47-49-51-53-59(63)60-57(56-67-68(64,65)66-55-54-61(3,4)5)58(62)52-50-48-46-44-42-40-38-21-19-17-15-13-11-9-7-2/h8,10,14,16,19-22,24-25,27-28,30-31,33-34,42,44,50,52,57-58,62H,6-7,9,11-13,15,17-18,23,26,29,32,35-41,43,45-49,51,53-56H2,1-5H3,(H-,60,63,64,65)/b10-8-,16-14-,21-19+,22-20-,25-24-,28-27-,31-30-,34-33-,44-42+,52-50+. The van der Waals surface area contributed by atoms with Gasteiger partial charge in [0.25, 0.3) is 7.82 Å². The van der Waals surface area contributed by atoms with E-state index in [1.165, 1.54) is 64.2 Å². The number of aliphatic hydroxyl groups is 1. The molecule has 2 N–H and O–H groups in total. The number of allylic oxidation sites excluding steroid dienone is 19. The van der Waals surface area contributed by atoms with Crippen molar-refractivity contribution in [3.8, 4) is 0 Å². The van der Waals surface area contributed by atoms with Crippen LogP contribution in [0, 0.1) is 0 Å². The topological polar surface area (TPSA) is 108 Å². The highest BCUT2D eigenvalue weighted by atomic mass is 31.2. The number of phosphoric acid groups is 1. The molecule has 0 aromatic heterocycles. The molecule has 3 atom stereocenters. The van der Waals surface area contributed by atoms with Gasteiger partial charge in [-0.1, -0.05) is 206 Å². The molecule has 0 aliphatic heterocycles. The molecule has 0 rings (SSSR count). The minimum Gasteiger partial charge on any atom is -0.756 e. The monoisotopic (exact) mass is 965 g/mol. The van der Waals surface area contributed by atoms with Crippen LogP contribution in [0.5, 0.6) is 0 Å². The molecule has 0 saturated heterocycles. The van der Waals surface area contributed by atoms with Crippen molar-refractivity contribution in [3.05, 3.63) is 122 Å². The summed E-state index contributed by atoms with van der Waals surface area (Å²) < 4.78 is 23.2. The highest BCUT2D eigenvalue weighted by Gasteiger charge is 2.23. The molecule has 0 aliphatic rings. The van der Waals surface area contributed by atoms with Crippen molar-refractivity contribution in [2.45, 2.75) is 206 Å². The van der Waals surface area contributed by atoms with Crippen LogP contribution < -0.4 is 10.2 Å². The first-order valence-electron chi connectivity index (χ1n) is 26.9. The van der Waals surface area contributed by atoms with E-state index in [0.717, 1.165) is 109 Å². The number of unbranched alkanes of at least 4 members (excludes halogenated alkanes) is 16. The zero-order valence-electron chi connectivity index (χ0n) is 44.0. The molecule has 68 heavy (non-hydrogen) atoms. The van der Waals surface area contributed by atoms with Crippen LogP contribution in [-0.2, 0) is 18.4 Å². The molecule has 1 amide bonds. The second kappa shape index (κ2) is 48.9. The van der Waals surface area contributed by atoms with Crippen LogP contribution in [0.25, 0.3) is 0 Å². The molecule has 0 saturated carbocycles. The van der Waals surface area contributed by atoms with E-state index >= 15 is 0 Å². The number of nitrogens with zero attached hydrogens (tertiary/aromatic N) is 1. The van der Waals surface area contributed by atoms with Crippen molar-refractivity contribution in [3.63, 3.8) is 0 Å². The molecule has 0 aromatic carbocycles. The number of carbonyl (C=O) groups excluding carboxylic acids is 1. The van der Waals surface area contributed by atoms with E-state index in [2.05, 4.69) is 129 Å². The van der Waals surface area contributed by atoms with Crippen LogP contribution in [-0.4, -0.2) is 68.5 Å². The Morgan fingerprint density at radius 2 is 0.912 bits per heavy atom. The summed E-state index contributed by atoms with van der Waals surface area (Å²) in [6, 6.07) is -0.921. The number of nitrogens with one attached hydrogen (secondary N) is 1. The summed E-state index contributed by atoms with van der Waals surface area (Å²) in [4.78, 5) is 25.4. The van der Waals surface area contributed by atoms with E-state index in [4.69, 9.17) is 9.05 Å². The van der Waals surface area contributed by atoms with Crippen LogP contribution in [0.15, 0.2) is 122 Å². The van der Waals surface area contributed by atoms with E-state index in [1.807, 2.05) is 27.2 Å². The third-order valence-electron chi connectivity index (χ3n) is 11.1. The van der Waals surface area contributed by atoms with Crippen molar-refractivity contribution in [2.24, 2.45) is 0 Å². The van der Waals surface area contributed by atoms with Gasteiger partial charge in [-0.25, -0.2) is 0 Å². The van der Waals surface area contributed by atoms with E-state index in [0.29, 0.717) is 17.4 Å². The zero-order valence-corrected chi connectivity index (χ0v) is 44.9. The summed E-state index contributed by atoms with van der Waals surface area (Å²) in [5, 5.41) is 13.8. The van der Waals surface area contributed by atoms with Gasteiger partial charge in [-0.3, -0.25) is 9.36 Å². The summed E-state index contributed by atoms with van der Waals surface area (Å²) in [5.74, 6) is -0.224. The zero-order chi connectivity index (χ0) is 49.9. The predicted octanol–water partition coefficient (Wildman–Crippen LogP) is 15.6. The fourth-order valence-corrected chi connectivity index (χ4v) is 7.65. The normalized spacial score (nSPS) is 15.0. The summed E-state index contributed by atoms with van der Waals surface area (Å²) in [6.45, 7) is 4.46. The van der Waals surface area contributed by atoms with Gasteiger partial charge in [-0.2, -0.15) is 0 Å². The molecule has 0 heterocycles. The van der Waals surface area contributed by atoms with Gasteiger partial charge in [-0.05, 0) is 103 Å². The fourth-order valence-electron chi connectivity index (χ4n) is 6.93. The lowest BCUT2D eigenvalue weighted by atomic mass is 10.1. The maximum absolute atomic E-state index is 12.9. The Bertz CT molecular complexity index is 1510. The van der Waals surface area contributed by atoms with Crippen molar-refractivity contribution < 1.29 is 32.9 Å². The molecular weight excluding hydrogens is 864 g/mol. The smallest absolute Gasteiger partial charge is 0.268 e. The predicted molar refractivity (Wildman–Crippen MR) is 292 cm³/mol. The number of carbonyl (C=O) groups is 1. The first-order chi connectivity index (χ1) is 33.0. The van der Waals surface area contributed by atoms with Crippen LogP contribution in [0.4, 0.5) is 0 Å². The van der Waals surface area contributed by atoms with Crippen molar-refractivity contribution in [1.29, 1.82) is 0 Å². The minimum absolute atomic E-state index is 0.0167. The molecule has 0 aliphatic carbocycles. The maximum Gasteiger partial charge on any atom is 0.268 e. The number of rotatable bonds is 47. The Balaban J connectivity index is 4.28. The minimum atomic E-state index is -4.61. The lowest BCUT2D eigenvalue weighted by molar-refractivity contribution is -0.870. The van der Waals surface area contributed by atoms with Crippen LogP contribution in [0.3, 0.4) is 0 Å². The van der Waals surface area contributed by atoms with Crippen LogP contribution in [0.2, 0.25) is 0 Å². The second-order valence-corrected chi connectivity index (χ2v) is 20.2. The van der Waals surface area contributed by atoms with Gasteiger partial charge >= 0.3 is 0 Å². The average molecular weight is 965 g/mol. The van der Waals surface area contributed by atoms with E-state index < -0.39 is 26.6 Å². The van der Waals surface area contributed by atoms with E-state index in [9.17, 15) is 19.4 Å². The number of hydrogen-bond donors (Lipinski definition) is 2.